The summed E-state index contributed by atoms with van der Waals surface area (Å²) in [5, 5.41) is 9.65. The van der Waals surface area contributed by atoms with Gasteiger partial charge in [-0.15, -0.1) is 0 Å². The first-order valence-electron chi connectivity index (χ1n) is 5.70. The molecular weight excluding hydrogens is 194 g/mol. The van der Waals surface area contributed by atoms with Crippen LogP contribution in [0.2, 0.25) is 0 Å². The third kappa shape index (κ3) is 3.79. The van der Waals surface area contributed by atoms with E-state index in [1.54, 1.807) is 0 Å². The Morgan fingerprint density at radius 2 is 2.21 bits per heavy atom. The minimum atomic E-state index is 0.324. The third-order valence-electron chi connectivity index (χ3n) is 3.05. The summed E-state index contributed by atoms with van der Waals surface area (Å²) in [7, 11) is 2.19. The zero-order valence-electron chi connectivity index (χ0n) is 9.41. The second kappa shape index (κ2) is 6.70. The summed E-state index contributed by atoms with van der Waals surface area (Å²) in [4.78, 5) is 2.42. The van der Waals surface area contributed by atoms with Crippen LogP contribution in [0.1, 0.15) is 32.6 Å². The number of nitrogens with zero attached hydrogens (tertiary/aromatic N) is 1. The maximum atomic E-state index is 8.76. The molecule has 1 rings (SSSR count). The Labute approximate surface area is 92.1 Å². The number of rotatable bonds is 6. The van der Waals surface area contributed by atoms with Crippen LogP contribution in [0.15, 0.2) is 0 Å². The summed E-state index contributed by atoms with van der Waals surface area (Å²) in [6.45, 7) is 3.61. The van der Waals surface area contributed by atoms with Gasteiger partial charge in [-0.1, -0.05) is 6.92 Å². The monoisotopic (exact) mass is 217 g/mol. The molecule has 84 valence electrons. The molecule has 0 heterocycles. The second-order valence-corrected chi connectivity index (χ2v) is 5.68. The highest BCUT2D eigenvalue weighted by atomic mass is 32.2. The first-order valence-corrected chi connectivity index (χ1v) is 6.75. The van der Waals surface area contributed by atoms with Gasteiger partial charge in [-0.25, -0.2) is 0 Å². The highest BCUT2D eigenvalue weighted by Gasteiger charge is 2.26. The molecule has 0 saturated heterocycles. The largest absolute Gasteiger partial charge is 0.396 e. The van der Waals surface area contributed by atoms with Crippen LogP contribution >= 0.6 is 11.8 Å². The normalized spacial score (nSPS) is 27.4. The average Bonchev–Trinajstić information content (AvgIpc) is 2.63. The summed E-state index contributed by atoms with van der Waals surface area (Å²) in [6, 6.07) is 0.769. The van der Waals surface area contributed by atoms with Gasteiger partial charge in [-0.3, -0.25) is 0 Å². The summed E-state index contributed by atoms with van der Waals surface area (Å²) in [5.74, 6) is 1.25. The van der Waals surface area contributed by atoms with Crippen molar-refractivity contribution in [2.75, 3.05) is 26.0 Å². The van der Waals surface area contributed by atoms with E-state index in [0.717, 1.165) is 24.3 Å². The molecule has 0 amide bonds. The van der Waals surface area contributed by atoms with Crippen molar-refractivity contribution in [3.63, 3.8) is 0 Å². The van der Waals surface area contributed by atoms with Gasteiger partial charge in [-0.2, -0.15) is 11.8 Å². The van der Waals surface area contributed by atoms with Crippen LogP contribution in [0.4, 0.5) is 0 Å². The Kier molecular flexibility index (Phi) is 5.90. The van der Waals surface area contributed by atoms with E-state index in [1.807, 2.05) is 0 Å². The summed E-state index contributed by atoms with van der Waals surface area (Å²) in [5.41, 5.74) is 0. The lowest BCUT2D eigenvalue weighted by atomic mass is 10.2. The van der Waals surface area contributed by atoms with E-state index >= 15 is 0 Å². The number of hydrogen-bond acceptors (Lipinski definition) is 3. The van der Waals surface area contributed by atoms with Crippen LogP contribution < -0.4 is 0 Å². The van der Waals surface area contributed by atoms with Crippen molar-refractivity contribution in [2.45, 2.75) is 43.9 Å². The fourth-order valence-corrected chi connectivity index (χ4v) is 3.34. The SMILES string of the molecule is CCS[C@@H]1CC[C@@H](N(C)CCCO)C1. The van der Waals surface area contributed by atoms with Gasteiger partial charge in [-0.05, 0) is 38.5 Å². The zero-order valence-corrected chi connectivity index (χ0v) is 10.2. The van der Waals surface area contributed by atoms with Crippen molar-refractivity contribution >= 4 is 11.8 Å². The Morgan fingerprint density at radius 3 is 2.86 bits per heavy atom. The zero-order chi connectivity index (χ0) is 10.4. The molecule has 1 aliphatic carbocycles. The van der Waals surface area contributed by atoms with Crippen LogP contribution in [0.25, 0.3) is 0 Å². The Bertz CT molecular complexity index is 154. The molecule has 2 atom stereocenters. The molecule has 0 aromatic heterocycles. The molecule has 3 heteroatoms. The van der Waals surface area contributed by atoms with E-state index in [2.05, 4.69) is 30.6 Å². The quantitative estimate of drug-likeness (QED) is 0.736. The van der Waals surface area contributed by atoms with E-state index in [-0.39, 0.29) is 0 Å². The molecule has 14 heavy (non-hydrogen) atoms. The van der Waals surface area contributed by atoms with Gasteiger partial charge < -0.3 is 10.0 Å². The fourth-order valence-electron chi connectivity index (χ4n) is 2.21. The number of aliphatic hydroxyl groups excluding tert-OH is 1. The number of thioether (sulfide) groups is 1. The van der Waals surface area contributed by atoms with Gasteiger partial charge in [0.15, 0.2) is 0 Å². The molecule has 2 nitrogen and oxygen atoms in total. The predicted octanol–water partition coefficient (Wildman–Crippen LogP) is 1.97. The van der Waals surface area contributed by atoms with Crippen LogP contribution in [-0.4, -0.2) is 47.3 Å². The smallest absolute Gasteiger partial charge is 0.0443 e. The first kappa shape index (κ1) is 12.3. The molecule has 0 unspecified atom stereocenters. The van der Waals surface area contributed by atoms with Crippen molar-refractivity contribution in [3.05, 3.63) is 0 Å². The Morgan fingerprint density at radius 1 is 1.43 bits per heavy atom. The lowest BCUT2D eigenvalue weighted by Gasteiger charge is -2.23. The third-order valence-corrected chi connectivity index (χ3v) is 4.28. The standard InChI is InChI=1S/C11H23NOS/c1-3-14-11-6-5-10(9-11)12(2)7-4-8-13/h10-11,13H,3-9H2,1-2H3/t10-,11-/m1/s1. The van der Waals surface area contributed by atoms with Crippen molar-refractivity contribution < 1.29 is 5.11 Å². The summed E-state index contributed by atoms with van der Waals surface area (Å²) < 4.78 is 0. The summed E-state index contributed by atoms with van der Waals surface area (Å²) >= 11 is 2.11. The van der Waals surface area contributed by atoms with Crippen molar-refractivity contribution in [1.82, 2.24) is 4.90 Å². The van der Waals surface area contributed by atoms with Crippen molar-refractivity contribution in [3.8, 4) is 0 Å². The van der Waals surface area contributed by atoms with Gasteiger partial charge in [0.1, 0.15) is 0 Å². The van der Waals surface area contributed by atoms with E-state index in [1.165, 1.54) is 25.0 Å². The Hall–Kier alpha value is 0.270. The maximum Gasteiger partial charge on any atom is 0.0443 e. The molecule has 0 aromatic rings. The lowest BCUT2D eigenvalue weighted by molar-refractivity contribution is 0.208. The molecule has 0 aliphatic heterocycles. The second-order valence-electron chi connectivity index (χ2n) is 4.10. The van der Waals surface area contributed by atoms with Gasteiger partial charge >= 0.3 is 0 Å². The highest BCUT2D eigenvalue weighted by Crippen LogP contribution is 2.32. The van der Waals surface area contributed by atoms with E-state index in [9.17, 15) is 0 Å². The Balaban J connectivity index is 2.19. The molecule has 1 N–H and O–H groups in total. The van der Waals surface area contributed by atoms with Gasteiger partial charge in [0.05, 0.1) is 0 Å². The topological polar surface area (TPSA) is 23.5 Å². The minimum absolute atomic E-state index is 0.324. The molecule has 0 aromatic carbocycles. The van der Waals surface area contributed by atoms with Crippen LogP contribution in [0.5, 0.6) is 0 Å². The van der Waals surface area contributed by atoms with E-state index in [0.29, 0.717) is 6.61 Å². The molecular formula is C11H23NOS. The molecule has 0 bridgehead atoms. The van der Waals surface area contributed by atoms with Gasteiger partial charge in [0.25, 0.3) is 0 Å². The van der Waals surface area contributed by atoms with Crippen LogP contribution in [-0.2, 0) is 0 Å². The first-order chi connectivity index (χ1) is 6.77. The molecule has 0 spiro atoms. The van der Waals surface area contributed by atoms with Gasteiger partial charge in [0, 0.05) is 24.4 Å². The van der Waals surface area contributed by atoms with E-state index in [4.69, 9.17) is 5.11 Å². The molecule has 1 saturated carbocycles. The summed E-state index contributed by atoms with van der Waals surface area (Å²) in [6.07, 6.45) is 4.99. The highest BCUT2D eigenvalue weighted by molar-refractivity contribution is 7.99. The lowest BCUT2D eigenvalue weighted by Crippen LogP contribution is -2.31. The number of aliphatic hydroxyl groups is 1. The van der Waals surface area contributed by atoms with Crippen LogP contribution in [0, 0.1) is 0 Å². The van der Waals surface area contributed by atoms with E-state index < -0.39 is 0 Å². The average molecular weight is 217 g/mol. The molecule has 1 aliphatic rings. The minimum Gasteiger partial charge on any atom is -0.396 e. The fraction of sp³-hybridized carbons (Fsp3) is 1.00. The molecule has 1 fully saturated rings. The molecule has 0 radical (unpaired) electrons. The number of hydrogen-bond donors (Lipinski definition) is 1. The predicted molar refractivity (Wildman–Crippen MR) is 63.9 cm³/mol. The van der Waals surface area contributed by atoms with Crippen LogP contribution in [0.3, 0.4) is 0 Å². The van der Waals surface area contributed by atoms with Crippen molar-refractivity contribution in [1.29, 1.82) is 0 Å². The maximum absolute atomic E-state index is 8.76. The van der Waals surface area contributed by atoms with Crippen molar-refractivity contribution in [2.24, 2.45) is 0 Å². The van der Waals surface area contributed by atoms with Gasteiger partial charge in [0.2, 0.25) is 0 Å².